The van der Waals surface area contributed by atoms with Gasteiger partial charge in [-0.25, -0.2) is 0 Å². The van der Waals surface area contributed by atoms with Crippen LogP contribution < -0.4 is 15.4 Å². The highest BCUT2D eigenvalue weighted by Gasteiger charge is 2.16. The molecule has 0 spiro atoms. The van der Waals surface area contributed by atoms with Crippen molar-refractivity contribution in [2.24, 2.45) is 0 Å². The molecule has 0 fully saturated rings. The predicted molar refractivity (Wildman–Crippen MR) is 106 cm³/mol. The minimum absolute atomic E-state index is 0.215. The second-order valence-electron chi connectivity index (χ2n) is 6.00. The highest BCUT2D eigenvalue weighted by atomic mass is 35.5. The Hall–Kier alpha value is -3.06. The van der Waals surface area contributed by atoms with E-state index < -0.39 is 18.0 Å². The number of benzene rings is 2. The smallest absolute Gasteiger partial charge is 0.325 e. The van der Waals surface area contributed by atoms with Gasteiger partial charge in [0.2, 0.25) is 0 Å². The molecule has 0 aliphatic carbocycles. The van der Waals surface area contributed by atoms with Crippen LogP contribution in [-0.4, -0.2) is 37.5 Å². The van der Waals surface area contributed by atoms with Gasteiger partial charge >= 0.3 is 5.97 Å². The van der Waals surface area contributed by atoms with E-state index in [0.29, 0.717) is 22.0 Å². The van der Waals surface area contributed by atoms with Gasteiger partial charge < -0.3 is 20.1 Å². The molecule has 28 heavy (non-hydrogen) atoms. The molecule has 2 amide bonds. The number of halogens is 1. The summed E-state index contributed by atoms with van der Waals surface area (Å²) in [6, 6.07) is 11.4. The first-order chi connectivity index (χ1) is 13.3. The van der Waals surface area contributed by atoms with E-state index >= 15 is 0 Å². The second kappa shape index (κ2) is 9.75. The van der Waals surface area contributed by atoms with Crippen LogP contribution in [0.15, 0.2) is 42.5 Å². The number of amides is 2. The van der Waals surface area contributed by atoms with E-state index in [2.05, 4.69) is 15.4 Å². The molecular weight excluding hydrogens is 384 g/mol. The van der Waals surface area contributed by atoms with Crippen molar-refractivity contribution in [1.29, 1.82) is 0 Å². The Morgan fingerprint density at radius 1 is 1.11 bits per heavy atom. The topological polar surface area (TPSA) is 93.7 Å². The quantitative estimate of drug-likeness (QED) is 0.692. The summed E-state index contributed by atoms with van der Waals surface area (Å²) in [4.78, 5) is 35.3. The molecule has 0 aromatic heterocycles. The first-order valence-corrected chi connectivity index (χ1v) is 8.86. The van der Waals surface area contributed by atoms with Crippen LogP contribution in [0.5, 0.6) is 5.75 Å². The number of ether oxygens (including phenoxy) is 2. The number of esters is 1. The number of carbonyl (C=O) groups excluding carboxylic acids is 3. The number of hydrogen-bond donors (Lipinski definition) is 2. The molecule has 148 valence electrons. The molecule has 2 aromatic carbocycles. The molecule has 8 heteroatoms. The number of hydrogen-bond acceptors (Lipinski definition) is 5. The molecule has 2 rings (SSSR count). The molecule has 2 N–H and O–H groups in total. The van der Waals surface area contributed by atoms with Crippen molar-refractivity contribution in [2.45, 2.75) is 20.0 Å². The van der Waals surface area contributed by atoms with Crippen LogP contribution in [0.4, 0.5) is 5.69 Å². The average Bonchev–Trinajstić information content (AvgIpc) is 2.68. The highest BCUT2D eigenvalue weighted by molar-refractivity contribution is 6.30. The zero-order valence-corrected chi connectivity index (χ0v) is 16.5. The molecule has 0 aliphatic heterocycles. The van der Waals surface area contributed by atoms with Gasteiger partial charge in [0.05, 0.1) is 7.11 Å². The second-order valence-corrected chi connectivity index (χ2v) is 6.43. The van der Waals surface area contributed by atoms with Crippen molar-refractivity contribution in [3.63, 3.8) is 0 Å². The lowest BCUT2D eigenvalue weighted by molar-refractivity contribution is -0.139. The average molecular weight is 405 g/mol. The van der Waals surface area contributed by atoms with Crippen molar-refractivity contribution in [3.8, 4) is 5.75 Å². The fourth-order valence-corrected chi connectivity index (χ4v) is 2.49. The summed E-state index contributed by atoms with van der Waals surface area (Å²) in [5.74, 6) is -0.720. The van der Waals surface area contributed by atoms with Gasteiger partial charge in [-0.15, -0.1) is 0 Å². The lowest BCUT2D eigenvalue weighted by Gasteiger charge is -2.16. The van der Waals surface area contributed by atoms with Crippen molar-refractivity contribution in [1.82, 2.24) is 5.32 Å². The number of nitrogens with one attached hydrogen (secondary N) is 2. The lowest BCUT2D eigenvalue weighted by Crippen LogP contribution is -2.31. The Bertz CT molecular complexity index is 867. The summed E-state index contributed by atoms with van der Waals surface area (Å²) >= 11 is 5.91. The van der Waals surface area contributed by atoms with Crippen LogP contribution in [0.3, 0.4) is 0 Å². The minimum Gasteiger partial charge on any atom is -0.481 e. The highest BCUT2D eigenvalue weighted by Crippen LogP contribution is 2.23. The number of rotatable bonds is 7. The standard InChI is InChI=1S/C20H21ClN2O5/c1-12-10-15(21)6-9-17(12)28-13(2)19(25)23-16-7-4-14(5-8-16)20(26)22-11-18(24)27-3/h4-10,13H,11H2,1-3H3,(H,22,26)(H,23,25). The van der Waals surface area contributed by atoms with Crippen LogP contribution in [0, 0.1) is 6.92 Å². The minimum atomic E-state index is -0.733. The third-order valence-electron chi connectivity index (χ3n) is 3.85. The van der Waals surface area contributed by atoms with Gasteiger partial charge in [0, 0.05) is 16.3 Å². The third kappa shape index (κ3) is 5.99. The van der Waals surface area contributed by atoms with Gasteiger partial charge in [-0.3, -0.25) is 14.4 Å². The molecule has 1 unspecified atom stereocenters. The number of anilines is 1. The Morgan fingerprint density at radius 2 is 1.79 bits per heavy atom. The Balaban J connectivity index is 1.92. The van der Waals surface area contributed by atoms with Crippen LogP contribution >= 0.6 is 11.6 Å². The van der Waals surface area contributed by atoms with Crippen LogP contribution in [0.25, 0.3) is 0 Å². The van der Waals surface area contributed by atoms with E-state index in [9.17, 15) is 14.4 Å². The first kappa shape index (κ1) is 21.2. The number of methoxy groups -OCH3 is 1. The van der Waals surface area contributed by atoms with Gasteiger partial charge in [-0.1, -0.05) is 11.6 Å². The normalized spacial score (nSPS) is 11.3. The summed E-state index contributed by atoms with van der Waals surface area (Å²) < 4.78 is 10.1. The summed E-state index contributed by atoms with van der Waals surface area (Å²) in [5.41, 5.74) is 1.69. The summed E-state index contributed by atoms with van der Waals surface area (Å²) in [7, 11) is 1.24. The zero-order valence-electron chi connectivity index (χ0n) is 15.7. The number of carbonyl (C=O) groups is 3. The Kier molecular flexibility index (Phi) is 7.40. The molecule has 0 saturated heterocycles. The Morgan fingerprint density at radius 3 is 2.39 bits per heavy atom. The first-order valence-electron chi connectivity index (χ1n) is 8.49. The molecule has 0 saturated carbocycles. The fraction of sp³-hybridized carbons (Fsp3) is 0.250. The van der Waals surface area contributed by atoms with Crippen molar-refractivity contribution in [2.75, 3.05) is 19.0 Å². The molecule has 0 radical (unpaired) electrons. The third-order valence-corrected chi connectivity index (χ3v) is 4.08. The maximum absolute atomic E-state index is 12.3. The molecule has 0 aliphatic rings. The van der Waals surface area contributed by atoms with Gasteiger partial charge in [0.1, 0.15) is 12.3 Å². The molecule has 1 atom stereocenters. The van der Waals surface area contributed by atoms with Gasteiger partial charge in [0.15, 0.2) is 6.10 Å². The summed E-state index contributed by atoms with van der Waals surface area (Å²) in [6.45, 7) is 3.26. The molecule has 2 aromatic rings. The summed E-state index contributed by atoms with van der Waals surface area (Å²) in [6.07, 6.45) is -0.733. The molecule has 0 heterocycles. The monoisotopic (exact) mass is 404 g/mol. The Labute approximate surface area is 168 Å². The van der Waals surface area contributed by atoms with E-state index in [-0.39, 0.29) is 12.5 Å². The molecule has 0 bridgehead atoms. The van der Waals surface area contributed by atoms with Crippen LogP contribution in [0.2, 0.25) is 5.02 Å². The van der Waals surface area contributed by atoms with Gasteiger partial charge in [-0.05, 0) is 61.9 Å². The van der Waals surface area contributed by atoms with Crippen molar-refractivity contribution >= 4 is 35.1 Å². The largest absolute Gasteiger partial charge is 0.481 e. The van der Waals surface area contributed by atoms with E-state index in [4.69, 9.17) is 16.3 Å². The van der Waals surface area contributed by atoms with E-state index in [1.807, 2.05) is 6.92 Å². The van der Waals surface area contributed by atoms with Crippen LogP contribution in [0.1, 0.15) is 22.8 Å². The maximum atomic E-state index is 12.3. The van der Waals surface area contributed by atoms with Crippen molar-refractivity contribution in [3.05, 3.63) is 58.6 Å². The van der Waals surface area contributed by atoms with E-state index in [0.717, 1.165) is 5.56 Å². The molecular formula is C20H21ClN2O5. The molecule has 7 nitrogen and oxygen atoms in total. The zero-order chi connectivity index (χ0) is 20.7. The van der Waals surface area contributed by atoms with Crippen LogP contribution in [-0.2, 0) is 14.3 Å². The predicted octanol–water partition coefficient (Wildman–Crippen LogP) is 2.96. The number of aryl methyl sites for hydroxylation is 1. The lowest BCUT2D eigenvalue weighted by atomic mass is 10.2. The van der Waals surface area contributed by atoms with E-state index in [1.54, 1.807) is 37.3 Å². The van der Waals surface area contributed by atoms with Gasteiger partial charge in [0.25, 0.3) is 11.8 Å². The maximum Gasteiger partial charge on any atom is 0.325 e. The van der Waals surface area contributed by atoms with Gasteiger partial charge in [-0.2, -0.15) is 0 Å². The summed E-state index contributed by atoms with van der Waals surface area (Å²) in [5, 5.41) is 5.75. The fourth-order valence-electron chi connectivity index (χ4n) is 2.26. The SMILES string of the molecule is COC(=O)CNC(=O)c1ccc(NC(=O)C(C)Oc2ccc(Cl)cc2C)cc1. The van der Waals surface area contributed by atoms with E-state index in [1.165, 1.54) is 19.2 Å². The van der Waals surface area contributed by atoms with Crippen molar-refractivity contribution < 1.29 is 23.9 Å².